The molecule has 22 heavy (non-hydrogen) atoms. The van der Waals surface area contributed by atoms with Crippen LogP contribution in [0.15, 0.2) is 18.3 Å². The summed E-state index contributed by atoms with van der Waals surface area (Å²) in [5.41, 5.74) is 0.786. The first-order valence-corrected chi connectivity index (χ1v) is 8.08. The molecule has 0 spiro atoms. The number of pyridine rings is 1. The smallest absolute Gasteiger partial charge is 0.321 e. The van der Waals surface area contributed by atoms with Gasteiger partial charge in [-0.25, -0.2) is 9.78 Å². The van der Waals surface area contributed by atoms with Crippen molar-refractivity contribution in [2.45, 2.75) is 31.8 Å². The Morgan fingerprint density at radius 1 is 1.45 bits per heavy atom. The van der Waals surface area contributed by atoms with Gasteiger partial charge < -0.3 is 19.9 Å². The highest BCUT2D eigenvalue weighted by Crippen LogP contribution is 2.26. The first-order valence-electron chi connectivity index (χ1n) is 8.08. The maximum Gasteiger partial charge on any atom is 0.321 e. The molecule has 2 amide bonds. The summed E-state index contributed by atoms with van der Waals surface area (Å²) in [6, 6.07) is 3.66. The molecule has 1 atom stereocenters. The number of rotatable bonds is 4. The van der Waals surface area contributed by atoms with Crippen LogP contribution in [-0.2, 0) is 4.74 Å². The van der Waals surface area contributed by atoms with Gasteiger partial charge in [-0.05, 0) is 37.8 Å². The standard InChI is InChI=1S/C16H24N4O2/c1-19(12-13-6-5-11-22-13)16(21)18-14-7-4-8-17-15(14)20-9-2-3-10-20/h4,7-8,13H,2-3,5-6,9-12H2,1H3,(H,18,21)/t13-/m0/s1. The summed E-state index contributed by atoms with van der Waals surface area (Å²) in [6.45, 7) is 3.45. The molecule has 0 bridgehead atoms. The van der Waals surface area contributed by atoms with Gasteiger partial charge in [0, 0.05) is 39.5 Å². The predicted molar refractivity (Wildman–Crippen MR) is 86.3 cm³/mol. The third-order valence-corrected chi connectivity index (χ3v) is 4.28. The quantitative estimate of drug-likeness (QED) is 0.927. The number of urea groups is 1. The fraction of sp³-hybridized carbons (Fsp3) is 0.625. The summed E-state index contributed by atoms with van der Waals surface area (Å²) in [7, 11) is 1.81. The Hall–Kier alpha value is -1.82. The third-order valence-electron chi connectivity index (χ3n) is 4.28. The van der Waals surface area contributed by atoms with Crippen LogP contribution in [0.2, 0.25) is 0 Å². The molecule has 2 fully saturated rings. The van der Waals surface area contributed by atoms with Crippen LogP contribution in [0.1, 0.15) is 25.7 Å². The Morgan fingerprint density at radius 2 is 2.27 bits per heavy atom. The van der Waals surface area contributed by atoms with Crippen LogP contribution < -0.4 is 10.2 Å². The van der Waals surface area contributed by atoms with Crippen LogP contribution >= 0.6 is 0 Å². The maximum atomic E-state index is 12.4. The molecule has 6 heteroatoms. The van der Waals surface area contributed by atoms with Gasteiger partial charge in [-0.1, -0.05) is 0 Å². The average molecular weight is 304 g/mol. The highest BCUT2D eigenvalue weighted by atomic mass is 16.5. The fourth-order valence-corrected chi connectivity index (χ4v) is 3.06. The molecule has 2 saturated heterocycles. The predicted octanol–water partition coefficient (Wildman–Crippen LogP) is 2.32. The zero-order chi connectivity index (χ0) is 15.4. The summed E-state index contributed by atoms with van der Waals surface area (Å²) < 4.78 is 5.59. The molecule has 0 radical (unpaired) electrons. The van der Waals surface area contributed by atoms with Gasteiger partial charge in [0.1, 0.15) is 0 Å². The Labute approximate surface area is 131 Å². The van der Waals surface area contributed by atoms with E-state index in [0.717, 1.165) is 44.0 Å². The van der Waals surface area contributed by atoms with E-state index in [1.54, 1.807) is 11.1 Å². The molecule has 1 aromatic rings. The van der Waals surface area contributed by atoms with E-state index in [1.165, 1.54) is 12.8 Å². The second-order valence-corrected chi connectivity index (χ2v) is 6.01. The lowest BCUT2D eigenvalue weighted by Gasteiger charge is -2.24. The molecule has 0 aromatic carbocycles. The maximum absolute atomic E-state index is 12.4. The van der Waals surface area contributed by atoms with Crippen molar-refractivity contribution in [2.24, 2.45) is 0 Å². The van der Waals surface area contributed by atoms with E-state index in [2.05, 4.69) is 15.2 Å². The second kappa shape index (κ2) is 6.96. The Balaban J connectivity index is 1.63. The summed E-state index contributed by atoms with van der Waals surface area (Å²) in [5.74, 6) is 0.874. The Kier molecular flexibility index (Phi) is 4.77. The van der Waals surface area contributed by atoms with Crippen molar-refractivity contribution in [3.63, 3.8) is 0 Å². The second-order valence-electron chi connectivity index (χ2n) is 6.01. The van der Waals surface area contributed by atoms with E-state index in [-0.39, 0.29) is 12.1 Å². The number of aromatic nitrogens is 1. The highest BCUT2D eigenvalue weighted by Gasteiger charge is 2.22. The number of nitrogens with one attached hydrogen (secondary N) is 1. The van der Waals surface area contributed by atoms with E-state index >= 15 is 0 Å². The van der Waals surface area contributed by atoms with Crippen molar-refractivity contribution in [1.82, 2.24) is 9.88 Å². The van der Waals surface area contributed by atoms with Crippen LogP contribution in [-0.4, -0.2) is 55.3 Å². The van der Waals surface area contributed by atoms with Crippen molar-refractivity contribution in [3.8, 4) is 0 Å². The molecular formula is C16H24N4O2. The first-order chi connectivity index (χ1) is 10.7. The molecule has 0 unspecified atom stereocenters. The van der Waals surface area contributed by atoms with Gasteiger partial charge in [-0.15, -0.1) is 0 Å². The van der Waals surface area contributed by atoms with Gasteiger partial charge in [-0.3, -0.25) is 0 Å². The normalized spacial score (nSPS) is 21.1. The number of hydrogen-bond donors (Lipinski definition) is 1. The number of ether oxygens (including phenoxy) is 1. The number of amides is 2. The molecule has 1 N–H and O–H groups in total. The highest BCUT2D eigenvalue weighted by molar-refractivity contribution is 5.92. The van der Waals surface area contributed by atoms with Gasteiger partial charge in [0.25, 0.3) is 0 Å². The summed E-state index contributed by atoms with van der Waals surface area (Å²) in [6.07, 6.45) is 6.43. The SMILES string of the molecule is CN(C[C@@H]1CCCO1)C(=O)Nc1cccnc1N1CCCC1. The van der Waals surface area contributed by atoms with Crippen LogP contribution in [0.4, 0.5) is 16.3 Å². The largest absolute Gasteiger partial charge is 0.376 e. The van der Waals surface area contributed by atoms with Crippen LogP contribution in [0.3, 0.4) is 0 Å². The topological polar surface area (TPSA) is 57.7 Å². The molecule has 120 valence electrons. The van der Waals surface area contributed by atoms with Crippen molar-refractivity contribution >= 4 is 17.5 Å². The summed E-state index contributed by atoms with van der Waals surface area (Å²) in [4.78, 5) is 20.7. The first kappa shape index (κ1) is 15.1. The average Bonchev–Trinajstić information content (AvgIpc) is 3.21. The van der Waals surface area contributed by atoms with Gasteiger partial charge >= 0.3 is 6.03 Å². The molecule has 3 rings (SSSR count). The van der Waals surface area contributed by atoms with Crippen LogP contribution in [0.5, 0.6) is 0 Å². The van der Waals surface area contributed by atoms with Gasteiger partial charge in [-0.2, -0.15) is 0 Å². The van der Waals surface area contributed by atoms with E-state index in [0.29, 0.717) is 6.54 Å². The fourth-order valence-electron chi connectivity index (χ4n) is 3.06. The van der Waals surface area contributed by atoms with E-state index < -0.39 is 0 Å². The molecule has 2 aliphatic heterocycles. The zero-order valence-electron chi connectivity index (χ0n) is 13.1. The number of carbonyl (C=O) groups excluding carboxylic acids is 1. The van der Waals surface area contributed by atoms with Crippen molar-refractivity contribution in [1.29, 1.82) is 0 Å². The molecule has 1 aromatic heterocycles. The van der Waals surface area contributed by atoms with Crippen molar-refractivity contribution in [2.75, 3.05) is 43.5 Å². The Morgan fingerprint density at radius 3 is 3.00 bits per heavy atom. The van der Waals surface area contributed by atoms with E-state index in [9.17, 15) is 4.79 Å². The van der Waals surface area contributed by atoms with Crippen molar-refractivity contribution in [3.05, 3.63) is 18.3 Å². The number of hydrogen-bond acceptors (Lipinski definition) is 4. The van der Waals surface area contributed by atoms with Gasteiger partial charge in [0.2, 0.25) is 0 Å². The third kappa shape index (κ3) is 3.50. The zero-order valence-corrected chi connectivity index (χ0v) is 13.1. The van der Waals surface area contributed by atoms with E-state index in [1.807, 2.05) is 19.2 Å². The van der Waals surface area contributed by atoms with Crippen LogP contribution in [0.25, 0.3) is 0 Å². The number of carbonyl (C=O) groups is 1. The lowest BCUT2D eigenvalue weighted by molar-refractivity contribution is 0.0894. The lowest BCUT2D eigenvalue weighted by atomic mass is 10.2. The molecule has 0 saturated carbocycles. The molecule has 3 heterocycles. The molecule has 2 aliphatic rings. The minimum absolute atomic E-state index is 0.107. The molecular weight excluding hydrogens is 280 g/mol. The van der Waals surface area contributed by atoms with Crippen LogP contribution in [0, 0.1) is 0 Å². The summed E-state index contributed by atoms with van der Waals surface area (Å²) in [5, 5.41) is 2.99. The summed E-state index contributed by atoms with van der Waals surface area (Å²) >= 11 is 0. The minimum atomic E-state index is -0.107. The number of likely N-dealkylation sites (N-methyl/N-ethyl adjacent to an activating group) is 1. The number of anilines is 2. The van der Waals surface area contributed by atoms with Gasteiger partial charge in [0.05, 0.1) is 11.8 Å². The number of nitrogens with zero attached hydrogens (tertiary/aromatic N) is 3. The lowest BCUT2D eigenvalue weighted by Crippen LogP contribution is -2.37. The molecule has 0 aliphatic carbocycles. The minimum Gasteiger partial charge on any atom is -0.376 e. The monoisotopic (exact) mass is 304 g/mol. The Bertz CT molecular complexity index is 511. The van der Waals surface area contributed by atoms with E-state index in [4.69, 9.17) is 4.74 Å². The van der Waals surface area contributed by atoms with Gasteiger partial charge in [0.15, 0.2) is 5.82 Å². The van der Waals surface area contributed by atoms with Crippen molar-refractivity contribution < 1.29 is 9.53 Å². The molecule has 6 nitrogen and oxygen atoms in total.